The molecule has 0 heterocycles. The summed E-state index contributed by atoms with van der Waals surface area (Å²) < 4.78 is 30.3. The molecular weight excluding hydrogens is 286 g/mol. The van der Waals surface area contributed by atoms with E-state index in [9.17, 15) is 13.2 Å². The molecule has 0 aliphatic carbocycles. The Morgan fingerprint density at radius 3 is 2.53 bits per heavy atom. The molecule has 0 fully saturated rings. The number of hydrogen-bond donors (Lipinski definition) is 1. The fourth-order valence-corrected chi connectivity index (χ4v) is 2.63. The second-order valence-corrected chi connectivity index (χ2v) is 6.83. The molecule has 1 N–H and O–H groups in total. The third kappa shape index (κ3) is 5.52. The molecule has 1 rings (SSSR count). The lowest BCUT2D eigenvalue weighted by molar-refractivity contribution is 0.160. The van der Waals surface area contributed by atoms with Crippen molar-refractivity contribution < 1.29 is 17.9 Å². The van der Waals surface area contributed by atoms with Crippen LogP contribution < -0.4 is 4.72 Å². The number of thioether (sulfide) groups is 1. The third-order valence-electron chi connectivity index (χ3n) is 2.21. The minimum Gasteiger partial charge on any atom is -0.448 e. The Hall–Kier alpha value is -1.21. The Balaban J connectivity index is 2.55. The number of ether oxygens (including phenoxy) is 1. The van der Waals surface area contributed by atoms with Gasteiger partial charge in [-0.3, -0.25) is 0 Å². The Morgan fingerprint density at radius 2 is 1.95 bits per heavy atom. The van der Waals surface area contributed by atoms with Crippen molar-refractivity contribution >= 4 is 27.9 Å². The lowest BCUT2D eigenvalue weighted by Gasteiger charge is -2.08. The van der Waals surface area contributed by atoms with Crippen LogP contribution in [0.25, 0.3) is 0 Å². The number of sulfonamides is 1. The first-order valence-electron chi connectivity index (χ1n) is 5.79. The van der Waals surface area contributed by atoms with E-state index in [1.807, 2.05) is 18.6 Å². The van der Waals surface area contributed by atoms with E-state index < -0.39 is 16.1 Å². The van der Waals surface area contributed by atoms with E-state index in [4.69, 9.17) is 4.74 Å². The van der Waals surface area contributed by atoms with Crippen molar-refractivity contribution in [3.63, 3.8) is 0 Å². The van der Waals surface area contributed by atoms with E-state index in [1.54, 1.807) is 23.9 Å². The highest BCUT2D eigenvalue weighted by molar-refractivity contribution is 7.99. The molecule has 0 bridgehead atoms. The third-order valence-corrected chi connectivity index (χ3v) is 4.41. The van der Waals surface area contributed by atoms with Crippen LogP contribution in [0.5, 0.6) is 0 Å². The van der Waals surface area contributed by atoms with Crippen molar-refractivity contribution in [2.45, 2.75) is 18.7 Å². The van der Waals surface area contributed by atoms with Gasteiger partial charge in [-0.25, -0.2) is 17.9 Å². The van der Waals surface area contributed by atoms with Gasteiger partial charge in [0.25, 0.3) is 10.0 Å². The normalized spacial score (nSPS) is 11.1. The fraction of sp³-hybridized carbons (Fsp3) is 0.417. The van der Waals surface area contributed by atoms with E-state index in [1.165, 1.54) is 12.1 Å². The van der Waals surface area contributed by atoms with E-state index in [0.29, 0.717) is 5.75 Å². The number of amides is 1. The maximum atomic E-state index is 11.8. The van der Waals surface area contributed by atoms with Gasteiger partial charge in [-0.05, 0) is 24.8 Å². The molecule has 0 atom stereocenters. The molecule has 0 aromatic heterocycles. The Morgan fingerprint density at radius 1 is 1.32 bits per heavy atom. The van der Waals surface area contributed by atoms with E-state index in [2.05, 4.69) is 0 Å². The smallest absolute Gasteiger partial charge is 0.421 e. The first-order chi connectivity index (χ1) is 8.95. The van der Waals surface area contributed by atoms with Crippen molar-refractivity contribution in [3.8, 4) is 0 Å². The van der Waals surface area contributed by atoms with Gasteiger partial charge >= 0.3 is 6.09 Å². The summed E-state index contributed by atoms with van der Waals surface area (Å²) in [6.45, 7) is 4.03. The quantitative estimate of drug-likeness (QED) is 0.815. The van der Waals surface area contributed by atoms with Crippen molar-refractivity contribution in [2.24, 2.45) is 0 Å². The first kappa shape index (κ1) is 15.8. The summed E-state index contributed by atoms with van der Waals surface area (Å²) in [5, 5.41) is 0. The van der Waals surface area contributed by atoms with Gasteiger partial charge in [0.2, 0.25) is 0 Å². The van der Waals surface area contributed by atoms with Gasteiger partial charge < -0.3 is 4.74 Å². The standard InChI is InChI=1S/C12H17NO4S2/c1-3-18-9-8-17-12(14)13-19(15,16)11-6-4-10(2)5-7-11/h4-7H,3,8-9H2,1-2H3,(H,13,14). The van der Waals surface area contributed by atoms with E-state index >= 15 is 0 Å². The molecule has 19 heavy (non-hydrogen) atoms. The zero-order valence-corrected chi connectivity index (χ0v) is 12.5. The highest BCUT2D eigenvalue weighted by Gasteiger charge is 2.17. The number of carbonyl (C=O) groups excluding carboxylic acids is 1. The predicted octanol–water partition coefficient (Wildman–Crippen LogP) is 2.16. The molecule has 0 aliphatic rings. The largest absolute Gasteiger partial charge is 0.448 e. The molecule has 0 radical (unpaired) electrons. The highest BCUT2D eigenvalue weighted by atomic mass is 32.2. The van der Waals surface area contributed by atoms with Gasteiger partial charge in [-0.1, -0.05) is 24.6 Å². The van der Waals surface area contributed by atoms with Crippen LogP contribution in [0.15, 0.2) is 29.2 Å². The van der Waals surface area contributed by atoms with Gasteiger partial charge in [0.15, 0.2) is 0 Å². The molecule has 0 saturated heterocycles. The molecule has 1 amide bonds. The van der Waals surface area contributed by atoms with Gasteiger partial charge in [-0.2, -0.15) is 11.8 Å². The zero-order valence-electron chi connectivity index (χ0n) is 10.9. The summed E-state index contributed by atoms with van der Waals surface area (Å²) in [4.78, 5) is 11.4. The molecular formula is C12H17NO4S2. The maximum Gasteiger partial charge on any atom is 0.421 e. The van der Waals surface area contributed by atoms with Crippen molar-refractivity contribution in [1.82, 2.24) is 4.72 Å². The van der Waals surface area contributed by atoms with Crippen LogP contribution in [0.2, 0.25) is 0 Å². The lowest BCUT2D eigenvalue weighted by atomic mass is 10.2. The van der Waals surface area contributed by atoms with Crippen LogP contribution >= 0.6 is 11.8 Å². The average molecular weight is 303 g/mol. The van der Waals surface area contributed by atoms with Crippen molar-refractivity contribution in [3.05, 3.63) is 29.8 Å². The predicted molar refractivity (Wildman–Crippen MR) is 75.8 cm³/mol. The Labute approximate surface area is 117 Å². The monoisotopic (exact) mass is 303 g/mol. The van der Waals surface area contributed by atoms with Crippen LogP contribution in [0.1, 0.15) is 12.5 Å². The molecule has 1 aromatic carbocycles. The van der Waals surface area contributed by atoms with Crippen molar-refractivity contribution in [2.75, 3.05) is 18.1 Å². The van der Waals surface area contributed by atoms with Crippen LogP contribution in [0.4, 0.5) is 4.79 Å². The number of nitrogens with one attached hydrogen (secondary N) is 1. The summed E-state index contributed by atoms with van der Waals surface area (Å²) in [5.74, 6) is 1.57. The molecule has 0 unspecified atom stereocenters. The van der Waals surface area contributed by atoms with Crippen LogP contribution in [0.3, 0.4) is 0 Å². The molecule has 106 valence electrons. The molecule has 0 saturated carbocycles. The minimum atomic E-state index is -3.85. The van der Waals surface area contributed by atoms with Gasteiger partial charge in [0.1, 0.15) is 6.61 Å². The van der Waals surface area contributed by atoms with Crippen LogP contribution in [0, 0.1) is 6.92 Å². The SMILES string of the molecule is CCSCCOC(=O)NS(=O)(=O)c1ccc(C)cc1. The maximum absolute atomic E-state index is 11.8. The number of benzene rings is 1. The molecule has 1 aromatic rings. The van der Waals surface area contributed by atoms with Crippen molar-refractivity contribution in [1.29, 1.82) is 0 Å². The molecule has 0 spiro atoms. The van der Waals surface area contributed by atoms with Gasteiger partial charge in [0, 0.05) is 5.75 Å². The lowest BCUT2D eigenvalue weighted by Crippen LogP contribution is -2.31. The number of carbonyl (C=O) groups is 1. The average Bonchev–Trinajstić information content (AvgIpc) is 2.34. The Bertz CT molecular complexity index is 511. The summed E-state index contributed by atoms with van der Waals surface area (Å²) in [7, 11) is -3.85. The highest BCUT2D eigenvalue weighted by Crippen LogP contribution is 2.09. The summed E-state index contributed by atoms with van der Waals surface area (Å²) in [5.41, 5.74) is 0.943. The zero-order chi connectivity index (χ0) is 14.3. The summed E-state index contributed by atoms with van der Waals surface area (Å²) >= 11 is 1.61. The minimum absolute atomic E-state index is 0.0398. The number of rotatable bonds is 6. The topological polar surface area (TPSA) is 72.5 Å². The summed E-state index contributed by atoms with van der Waals surface area (Å²) in [6, 6.07) is 6.21. The second kappa shape index (κ2) is 7.40. The van der Waals surface area contributed by atoms with E-state index in [-0.39, 0.29) is 11.5 Å². The van der Waals surface area contributed by atoms with E-state index in [0.717, 1.165) is 11.3 Å². The van der Waals surface area contributed by atoms with Crippen LogP contribution in [-0.4, -0.2) is 32.6 Å². The fourth-order valence-electron chi connectivity index (χ4n) is 1.25. The molecule has 0 aliphatic heterocycles. The van der Waals surface area contributed by atoms with Crippen LogP contribution in [-0.2, 0) is 14.8 Å². The molecule has 7 heteroatoms. The number of aryl methyl sites for hydroxylation is 1. The Kier molecular flexibility index (Phi) is 6.17. The van der Waals surface area contributed by atoms with Gasteiger partial charge in [-0.15, -0.1) is 0 Å². The molecule has 5 nitrogen and oxygen atoms in total. The second-order valence-electron chi connectivity index (χ2n) is 3.75. The van der Waals surface area contributed by atoms with Gasteiger partial charge in [0.05, 0.1) is 4.90 Å². The summed E-state index contributed by atoms with van der Waals surface area (Å²) in [6.07, 6.45) is -0.947. The number of hydrogen-bond acceptors (Lipinski definition) is 5. The first-order valence-corrected chi connectivity index (χ1v) is 8.43.